The number of urea groups is 1. The molecule has 0 spiro atoms. The molecule has 4 unspecified atom stereocenters. The number of hydrogen-bond acceptors (Lipinski definition) is 6. The van der Waals surface area contributed by atoms with E-state index in [1.165, 1.54) is 6.08 Å². The summed E-state index contributed by atoms with van der Waals surface area (Å²) in [5, 5.41) is 22.6. The largest absolute Gasteiger partial charge is 0.381 e. The number of carbonyl (C=O) groups is 4. The van der Waals surface area contributed by atoms with E-state index < -0.39 is 41.5 Å². The highest BCUT2D eigenvalue weighted by atomic mass is 32.2. The SMILES string of the molecule is C#CCCC(NC(=O)[C@@H]1C2C(CN1C(=O)[C@@H](NC(=O)NC1(CSC(C)(C)C)CCCCC1)C(C)(C)C)C2(C)C)C(O)C(=O)NCC=C. The number of terminal acetylenes is 1. The lowest BCUT2D eigenvalue weighted by Gasteiger charge is -2.41. The predicted octanol–water partition coefficient (Wildman–Crippen LogP) is 3.98. The molecule has 2 aliphatic carbocycles. The molecule has 10 nitrogen and oxygen atoms in total. The van der Waals surface area contributed by atoms with E-state index in [1.807, 2.05) is 32.5 Å². The number of hydrogen-bond donors (Lipinski definition) is 5. The molecule has 5 amide bonds. The van der Waals surface area contributed by atoms with E-state index in [4.69, 9.17) is 6.42 Å². The normalized spacial score (nSPS) is 24.9. The van der Waals surface area contributed by atoms with Gasteiger partial charge in [-0.05, 0) is 41.9 Å². The molecule has 11 heteroatoms. The molecule has 47 heavy (non-hydrogen) atoms. The number of aliphatic hydroxyl groups is 1. The fourth-order valence-electron chi connectivity index (χ4n) is 7.20. The van der Waals surface area contributed by atoms with Gasteiger partial charge in [0.1, 0.15) is 12.1 Å². The molecule has 3 rings (SSSR count). The molecule has 0 bridgehead atoms. The first-order valence-electron chi connectivity index (χ1n) is 17.1. The quantitative estimate of drug-likeness (QED) is 0.148. The minimum atomic E-state index is -1.53. The third kappa shape index (κ3) is 9.69. The average Bonchev–Trinajstić information content (AvgIpc) is 3.29. The van der Waals surface area contributed by atoms with Gasteiger partial charge in [-0.3, -0.25) is 14.4 Å². The fourth-order valence-corrected chi connectivity index (χ4v) is 8.27. The summed E-state index contributed by atoms with van der Waals surface area (Å²) in [5.74, 6) is 1.92. The second kappa shape index (κ2) is 15.2. The first kappa shape index (κ1) is 38.7. The van der Waals surface area contributed by atoms with Crippen molar-refractivity contribution in [3.8, 4) is 12.3 Å². The number of likely N-dealkylation sites (tertiary alicyclic amines) is 1. The van der Waals surface area contributed by atoms with Crippen molar-refractivity contribution in [1.29, 1.82) is 0 Å². The number of piperidine rings is 1. The van der Waals surface area contributed by atoms with Crippen molar-refractivity contribution in [2.24, 2.45) is 22.7 Å². The number of nitrogens with zero attached hydrogens (tertiary/aromatic N) is 1. The van der Waals surface area contributed by atoms with Gasteiger partial charge in [-0.25, -0.2) is 4.79 Å². The minimum Gasteiger partial charge on any atom is -0.381 e. The van der Waals surface area contributed by atoms with Crippen LogP contribution in [0.3, 0.4) is 0 Å². The van der Waals surface area contributed by atoms with Gasteiger partial charge in [0, 0.05) is 30.0 Å². The molecule has 0 radical (unpaired) electrons. The van der Waals surface area contributed by atoms with E-state index in [0.29, 0.717) is 6.54 Å². The summed E-state index contributed by atoms with van der Waals surface area (Å²) >= 11 is 1.84. The zero-order valence-corrected chi connectivity index (χ0v) is 30.6. The molecule has 6 atom stereocenters. The van der Waals surface area contributed by atoms with Gasteiger partial charge >= 0.3 is 6.03 Å². The van der Waals surface area contributed by atoms with Gasteiger partial charge in [0.15, 0.2) is 6.10 Å². The summed E-state index contributed by atoms with van der Waals surface area (Å²) in [6, 6.07) is -3.02. The lowest BCUT2D eigenvalue weighted by Crippen LogP contribution is -2.63. The molecule has 3 aliphatic rings. The number of thioether (sulfide) groups is 1. The lowest BCUT2D eigenvalue weighted by molar-refractivity contribution is -0.144. The monoisotopic (exact) mass is 673 g/mol. The van der Waals surface area contributed by atoms with Crippen LogP contribution in [0.15, 0.2) is 12.7 Å². The second-order valence-corrected chi connectivity index (χ2v) is 18.2. The third-order valence-electron chi connectivity index (χ3n) is 10.1. The highest BCUT2D eigenvalue weighted by molar-refractivity contribution is 8.00. The van der Waals surface area contributed by atoms with Gasteiger partial charge < -0.3 is 31.3 Å². The Morgan fingerprint density at radius 2 is 1.72 bits per heavy atom. The molecular weight excluding hydrogens is 614 g/mol. The smallest absolute Gasteiger partial charge is 0.315 e. The van der Waals surface area contributed by atoms with Crippen LogP contribution < -0.4 is 21.3 Å². The van der Waals surface area contributed by atoms with Crippen molar-refractivity contribution in [1.82, 2.24) is 26.2 Å². The van der Waals surface area contributed by atoms with Crippen LogP contribution in [0.1, 0.15) is 100 Å². The number of fused-ring (bicyclic) bond motifs is 1. The summed E-state index contributed by atoms with van der Waals surface area (Å²) in [6.07, 6.45) is 10.9. The van der Waals surface area contributed by atoms with Crippen molar-refractivity contribution >= 4 is 35.5 Å². The molecule has 2 saturated carbocycles. The Morgan fingerprint density at radius 3 is 2.28 bits per heavy atom. The van der Waals surface area contributed by atoms with Gasteiger partial charge in [0.25, 0.3) is 5.91 Å². The van der Waals surface area contributed by atoms with Crippen molar-refractivity contribution < 1.29 is 24.3 Å². The zero-order chi connectivity index (χ0) is 35.4. The third-order valence-corrected chi connectivity index (χ3v) is 11.7. The number of nitrogens with one attached hydrogen (secondary N) is 4. The topological polar surface area (TPSA) is 140 Å². The van der Waals surface area contributed by atoms with Gasteiger partial charge in [-0.15, -0.1) is 18.9 Å². The van der Waals surface area contributed by atoms with Crippen LogP contribution in [-0.2, 0) is 14.4 Å². The summed E-state index contributed by atoms with van der Waals surface area (Å²) in [7, 11) is 0. The van der Waals surface area contributed by atoms with Crippen molar-refractivity contribution in [3.05, 3.63) is 12.7 Å². The number of amides is 5. The van der Waals surface area contributed by atoms with E-state index >= 15 is 0 Å². The second-order valence-electron chi connectivity index (χ2n) is 16.4. The maximum absolute atomic E-state index is 14.4. The van der Waals surface area contributed by atoms with Crippen molar-refractivity contribution in [2.45, 2.75) is 135 Å². The Labute approximate surface area is 286 Å². The van der Waals surface area contributed by atoms with Crippen LogP contribution >= 0.6 is 11.8 Å². The molecule has 1 heterocycles. The minimum absolute atomic E-state index is 0.0533. The summed E-state index contributed by atoms with van der Waals surface area (Å²) in [4.78, 5) is 56.3. The number of carbonyl (C=O) groups excluding carboxylic acids is 4. The van der Waals surface area contributed by atoms with Crippen LogP contribution in [0.5, 0.6) is 0 Å². The molecule has 0 aromatic heterocycles. The van der Waals surface area contributed by atoms with E-state index in [0.717, 1.165) is 37.9 Å². The predicted molar refractivity (Wildman–Crippen MR) is 188 cm³/mol. The number of aliphatic hydroxyl groups excluding tert-OH is 1. The van der Waals surface area contributed by atoms with E-state index in [2.05, 4.69) is 68.4 Å². The molecular formula is C36H59N5O5S. The maximum atomic E-state index is 14.4. The Kier molecular flexibility index (Phi) is 12.6. The fraction of sp³-hybridized carbons (Fsp3) is 0.778. The van der Waals surface area contributed by atoms with E-state index in [9.17, 15) is 24.3 Å². The Hall–Kier alpha value is -2.71. The van der Waals surface area contributed by atoms with Crippen molar-refractivity contribution in [3.63, 3.8) is 0 Å². The zero-order valence-electron chi connectivity index (χ0n) is 29.8. The van der Waals surface area contributed by atoms with Crippen LogP contribution in [0.4, 0.5) is 4.79 Å². The van der Waals surface area contributed by atoms with E-state index in [1.54, 1.807) is 4.90 Å². The molecule has 1 saturated heterocycles. The van der Waals surface area contributed by atoms with Gasteiger partial charge in [0.2, 0.25) is 11.8 Å². The first-order valence-corrected chi connectivity index (χ1v) is 18.1. The highest BCUT2D eigenvalue weighted by Gasteiger charge is 2.70. The van der Waals surface area contributed by atoms with Gasteiger partial charge in [-0.2, -0.15) is 11.8 Å². The standard InChI is InChI=1S/C36H59N5O5S/c1-11-13-17-24(27(42)30(44)37-20-12-2)38-29(43)26-25-23(35(25,9)10)21-41(26)31(45)28(33(3,4)5)39-32(46)40-36(18-15-14-16-19-36)22-47-34(6,7)8/h1,12,23-28,42H,2,13-22H2,3-10H3,(H,37,44)(H,38,43)(H2,39,40,46)/t23?,24?,25?,26-,27?,28+/m0/s1. The molecule has 0 aromatic rings. The Morgan fingerprint density at radius 1 is 1.09 bits per heavy atom. The van der Waals surface area contributed by atoms with E-state index in [-0.39, 0.29) is 58.9 Å². The van der Waals surface area contributed by atoms with Gasteiger partial charge in [0.05, 0.1) is 11.6 Å². The molecule has 0 aromatic carbocycles. The maximum Gasteiger partial charge on any atom is 0.315 e. The average molecular weight is 674 g/mol. The van der Waals surface area contributed by atoms with Crippen LogP contribution in [0, 0.1) is 35.0 Å². The summed E-state index contributed by atoms with van der Waals surface area (Å²) in [5.41, 5.74) is -1.15. The summed E-state index contributed by atoms with van der Waals surface area (Å²) in [6.45, 7) is 20.5. The van der Waals surface area contributed by atoms with Crippen LogP contribution in [-0.4, -0.2) is 87.1 Å². The Bertz CT molecular complexity index is 1210. The molecule has 1 aliphatic heterocycles. The lowest BCUT2D eigenvalue weighted by atomic mass is 9.83. The van der Waals surface area contributed by atoms with Crippen LogP contribution in [0.25, 0.3) is 0 Å². The molecule has 3 fully saturated rings. The first-order chi connectivity index (χ1) is 21.8. The van der Waals surface area contributed by atoms with Crippen LogP contribution in [0.2, 0.25) is 0 Å². The summed E-state index contributed by atoms with van der Waals surface area (Å²) < 4.78 is 0.0533. The van der Waals surface area contributed by atoms with Crippen molar-refractivity contribution in [2.75, 3.05) is 18.8 Å². The molecule has 264 valence electrons. The highest BCUT2D eigenvalue weighted by Crippen LogP contribution is 2.65. The Balaban J connectivity index is 1.82. The van der Waals surface area contributed by atoms with Gasteiger partial charge in [-0.1, -0.05) is 80.7 Å². The molecule has 5 N–H and O–H groups in total. The number of rotatable bonds is 13.